The predicted molar refractivity (Wildman–Crippen MR) is 109 cm³/mol. The highest BCUT2D eigenvalue weighted by atomic mass is 35.5. The second-order valence-electron chi connectivity index (χ2n) is 7.07. The number of furan rings is 1. The Balaban J connectivity index is 1.47. The van der Waals surface area contributed by atoms with Crippen molar-refractivity contribution in [2.75, 3.05) is 58.3 Å². The second-order valence-corrected chi connectivity index (χ2v) is 7.50. The third kappa shape index (κ3) is 5.73. The van der Waals surface area contributed by atoms with E-state index in [4.69, 9.17) is 16.0 Å². The highest BCUT2D eigenvalue weighted by Gasteiger charge is 2.19. The monoisotopic (exact) mass is 390 g/mol. The SMILES string of the molecule is CN(C)CCNC(=O)c1ccc(CN2CCN(c3cccc(Cl)c3)CC2)o1. The van der Waals surface area contributed by atoms with Crippen molar-refractivity contribution in [3.8, 4) is 0 Å². The number of carbonyl (C=O) groups excluding carboxylic acids is 1. The number of amides is 1. The minimum absolute atomic E-state index is 0.158. The molecule has 1 saturated heterocycles. The topological polar surface area (TPSA) is 52.0 Å². The molecule has 1 aromatic heterocycles. The maximum absolute atomic E-state index is 12.1. The van der Waals surface area contributed by atoms with E-state index in [0.29, 0.717) is 18.8 Å². The van der Waals surface area contributed by atoms with Crippen molar-refractivity contribution in [2.24, 2.45) is 0 Å². The van der Waals surface area contributed by atoms with Crippen molar-refractivity contribution in [3.05, 3.63) is 52.9 Å². The third-order valence-corrected chi connectivity index (χ3v) is 4.89. The predicted octanol–water partition coefficient (Wildman–Crippen LogP) is 2.55. The molecule has 146 valence electrons. The van der Waals surface area contributed by atoms with Gasteiger partial charge in [0.05, 0.1) is 6.54 Å². The molecule has 1 fully saturated rings. The Morgan fingerprint density at radius 3 is 2.67 bits per heavy atom. The van der Waals surface area contributed by atoms with E-state index < -0.39 is 0 Å². The fraction of sp³-hybridized carbons (Fsp3) is 0.450. The Morgan fingerprint density at radius 2 is 1.96 bits per heavy atom. The molecular formula is C20H27ClN4O2. The standard InChI is InChI=1S/C20H27ClN4O2/c1-23(2)9-8-22-20(26)19-7-6-18(27-19)15-24-10-12-25(13-11-24)17-5-3-4-16(21)14-17/h3-7,14H,8-13,15H2,1-2H3,(H,22,26). The Morgan fingerprint density at radius 1 is 1.19 bits per heavy atom. The normalized spacial score (nSPS) is 15.3. The molecule has 2 aromatic rings. The van der Waals surface area contributed by atoms with E-state index in [9.17, 15) is 4.79 Å². The summed E-state index contributed by atoms with van der Waals surface area (Å²) in [5.41, 5.74) is 1.16. The van der Waals surface area contributed by atoms with Crippen molar-refractivity contribution < 1.29 is 9.21 Å². The van der Waals surface area contributed by atoms with Crippen LogP contribution in [0.25, 0.3) is 0 Å². The number of halogens is 1. The second kappa shape index (κ2) is 9.26. The van der Waals surface area contributed by atoms with Crippen LogP contribution in [0.2, 0.25) is 5.02 Å². The summed E-state index contributed by atoms with van der Waals surface area (Å²) in [6.45, 7) is 5.89. The van der Waals surface area contributed by atoms with Crippen molar-refractivity contribution >= 4 is 23.2 Å². The lowest BCUT2D eigenvalue weighted by atomic mass is 10.2. The summed E-state index contributed by atoms with van der Waals surface area (Å²) in [7, 11) is 3.95. The first-order valence-corrected chi connectivity index (χ1v) is 9.63. The number of hydrogen-bond donors (Lipinski definition) is 1. The minimum Gasteiger partial charge on any atom is -0.455 e. The number of carbonyl (C=O) groups is 1. The van der Waals surface area contributed by atoms with Gasteiger partial charge in [-0.15, -0.1) is 0 Å². The zero-order valence-electron chi connectivity index (χ0n) is 15.9. The summed E-state index contributed by atoms with van der Waals surface area (Å²) in [6, 6.07) is 11.6. The van der Waals surface area contributed by atoms with E-state index in [-0.39, 0.29) is 5.91 Å². The molecule has 0 radical (unpaired) electrons. The Bertz CT molecular complexity index is 754. The van der Waals surface area contributed by atoms with Gasteiger partial charge in [-0.2, -0.15) is 0 Å². The van der Waals surface area contributed by atoms with Crippen LogP contribution in [0.4, 0.5) is 5.69 Å². The number of likely N-dealkylation sites (N-methyl/N-ethyl adjacent to an activating group) is 1. The number of anilines is 1. The lowest BCUT2D eigenvalue weighted by Crippen LogP contribution is -2.45. The fourth-order valence-corrected chi connectivity index (χ4v) is 3.31. The van der Waals surface area contributed by atoms with Crippen LogP contribution in [0.3, 0.4) is 0 Å². The molecule has 6 nitrogen and oxygen atoms in total. The van der Waals surface area contributed by atoms with E-state index in [1.807, 2.05) is 43.3 Å². The van der Waals surface area contributed by atoms with Crippen LogP contribution in [0.15, 0.2) is 40.8 Å². The molecule has 27 heavy (non-hydrogen) atoms. The summed E-state index contributed by atoms with van der Waals surface area (Å²) >= 11 is 6.09. The molecule has 1 aliphatic rings. The Labute approximate surface area is 165 Å². The fourth-order valence-electron chi connectivity index (χ4n) is 3.12. The molecule has 0 atom stereocenters. The van der Waals surface area contributed by atoms with Gasteiger partial charge in [0.2, 0.25) is 0 Å². The highest BCUT2D eigenvalue weighted by molar-refractivity contribution is 6.30. The number of rotatable bonds is 7. The van der Waals surface area contributed by atoms with Crippen LogP contribution in [-0.4, -0.2) is 69.1 Å². The molecule has 7 heteroatoms. The van der Waals surface area contributed by atoms with Gasteiger partial charge in [-0.05, 0) is 44.4 Å². The molecule has 0 spiro atoms. The maximum atomic E-state index is 12.1. The molecule has 2 heterocycles. The lowest BCUT2D eigenvalue weighted by Gasteiger charge is -2.35. The first-order chi connectivity index (χ1) is 13.0. The zero-order chi connectivity index (χ0) is 19.2. The summed E-state index contributed by atoms with van der Waals surface area (Å²) in [5.74, 6) is 1.04. The lowest BCUT2D eigenvalue weighted by molar-refractivity contribution is 0.0919. The Kier molecular flexibility index (Phi) is 6.77. The van der Waals surface area contributed by atoms with Gasteiger partial charge in [0.1, 0.15) is 5.76 Å². The number of hydrogen-bond acceptors (Lipinski definition) is 5. The van der Waals surface area contributed by atoms with Crippen molar-refractivity contribution in [3.63, 3.8) is 0 Å². The zero-order valence-corrected chi connectivity index (χ0v) is 16.7. The molecule has 3 rings (SSSR count). The average Bonchev–Trinajstić information content (AvgIpc) is 3.10. The van der Waals surface area contributed by atoms with Gasteiger partial charge >= 0.3 is 0 Å². The largest absolute Gasteiger partial charge is 0.455 e. The van der Waals surface area contributed by atoms with Gasteiger partial charge in [-0.25, -0.2) is 0 Å². The van der Waals surface area contributed by atoms with E-state index in [1.165, 1.54) is 0 Å². The van der Waals surface area contributed by atoms with Crippen LogP contribution in [-0.2, 0) is 6.54 Å². The van der Waals surface area contributed by atoms with Crippen molar-refractivity contribution in [1.82, 2.24) is 15.1 Å². The molecule has 0 saturated carbocycles. The first-order valence-electron chi connectivity index (χ1n) is 9.26. The van der Waals surface area contributed by atoms with E-state index in [2.05, 4.69) is 21.2 Å². The van der Waals surface area contributed by atoms with Gasteiger partial charge in [0.15, 0.2) is 5.76 Å². The molecular weight excluding hydrogens is 364 g/mol. The van der Waals surface area contributed by atoms with Crippen molar-refractivity contribution in [2.45, 2.75) is 6.54 Å². The van der Waals surface area contributed by atoms with Gasteiger partial charge in [-0.1, -0.05) is 17.7 Å². The number of nitrogens with zero attached hydrogens (tertiary/aromatic N) is 3. The molecule has 1 aliphatic heterocycles. The van der Waals surface area contributed by atoms with Gasteiger partial charge in [0.25, 0.3) is 5.91 Å². The van der Waals surface area contributed by atoms with E-state index in [0.717, 1.165) is 49.2 Å². The van der Waals surface area contributed by atoms with Crippen LogP contribution < -0.4 is 10.2 Å². The first kappa shape index (κ1) is 19.7. The van der Waals surface area contributed by atoms with Gasteiger partial charge in [-0.3, -0.25) is 9.69 Å². The smallest absolute Gasteiger partial charge is 0.287 e. The summed E-state index contributed by atoms with van der Waals surface area (Å²) in [6.07, 6.45) is 0. The maximum Gasteiger partial charge on any atom is 0.287 e. The molecule has 1 aromatic carbocycles. The quantitative estimate of drug-likeness (QED) is 0.787. The summed E-state index contributed by atoms with van der Waals surface area (Å²) in [4.78, 5) is 18.8. The van der Waals surface area contributed by atoms with Gasteiger partial charge < -0.3 is 19.5 Å². The molecule has 0 bridgehead atoms. The molecule has 0 aliphatic carbocycles. The van der Waals surface area contributed by atoms with Crippen LogP contribution in [0.1, 0.15) is 16.3 Å². The summed E-state index contributed by atoms with van der Waals surface area (Å²) < 4.78 is 5.73. The van der Waals surface area contributed by atoms with Gasteiger partial charge in [0, 0.05) is 50.0 Å². The third-order valence-electron chi connectivity index (χ3n) is 4.66. The van der Waals surface area contributed by atoms with E-state index >= 15 is 0 Å². The number of piperazine rings is 1. The summed E-state index contributed by atoms with van der Waals surface area (Å²) in [5, 5.41) is 3.64. The van der Waals surface area contributed by atoms with E-state index in [1.54, 1.807) is 6.07 Å². The molecule has 1 amide bonds. The van der Waals surface area contributed by atoms with Crippen molar-refractivity contribution in [1.29, 1.82) is 0 Å². The molecule has 0 unspecified atom stereocenters. The van der Waals surface area contributed by atoms with Crippen LogP contribution >= 0.6 is 11.6 Å². The van der Waals surface area contributed by atoms with Crippen LogP contribution in [0, 0.1) is 0 Å². The Hall–Kier alpha value is -2.02. The number of nitrogens with one attached hydrogen (secondary N) is 1. The van der Waals surface area contributed by atoms with Crippen LogP contribution in [0.5, 0.6) is 0 Å². The molecule has 1 N–H and O–H groups in total. The number of benzene rings is 1. The minimum atomic E-state index is -0.158. The highest BCUT2D eigenvalue weighted by Crippen LogP contribution is 2.21. The average molecular weight is 391 g/mol.